The van der Waals surface area contributed by atoms with Gasteiger partial charge in [-0.05, 0) is 11.6 Å². The molecule has 1 aliphatic rings. The maximum atomic E-state index is 14.3. The second-order valence-electron chi connectivity index (χ2n) is 5.06. The monoisotopic (exact) mass is 400 g/mol. The van der Waals surface area contributed by atoms with Crippen molar-refractivity contribution in [3.63, 3.8) is 0 Å². The highest BCUT2D eigenvalue weighted by Gasteiger charge is 2.41. The molecule has 2 N–H and O–H groups in total. The van der Waals surface area contributed by atoms with Crippen LogP contribution in [0.25, 0.3) is 0 Å². The molecule has 0 radical (unpaired) electrons. The molecule has 1 atom stereocenters. The van der Waals surface area contributed by atoms with Gasteiger partial charge in [0.15, 0.2) is 6.08 Å². The molecule has 0 aliphatic carbocycles. The fourth-order valence-corrected chi connectivity index (χ4v) is 3.15. The molecular weight excluding hydrogens is 385 g/mol. The molecule has 3 rings (SSSR count). The maximum Gasteiger partial charge on any atom is 0.313 e. The summed E-state index contributed by atoms with van der Waals surface area (Å²) in [6, 6.07) is 10.3. The quantitative estimate of drug-likeness (QED) is 0.775. The van der Waals surface area contributed by atoms with Crippen molar-refractivity contribution in [3.05, 3.63) is 82.1 Å². The van der Waals surface area contributed by atoms with Gasteiger partial charge in [-0.2, -0.15) is 8.42 Å². The smallest absolute Gasteiger partial charge is 0.313 e. The molecule has 0 aromatic heterocycles. The van der Waals surface area contributed by atoms with E-state index in [1.807, 2.05) is 0 Å². The van der Waals surface area contributed by atoms with Gasteiger partial charge < -0.3 is 14.7 Å². The van der Waals surface area contributed by atoms with Crippen molar-refractivity contribution < 1.29 is 30.6 Å². The molecule has 0 saturated heterocycles. The predicted octanol–water partition coefficient (Wildman–Crippen LogP) is 2.79. The summed E-state index contributed by atoms with van der Waals surface area (Å²) in [6.45, 7) is 0. The highest BCUT2D eigenvalue weighted by atomic mass is 35.5. The van der Waals surface area contributed by atoms with Crippen LogP contribution in [-0.4, -0.2) is 14.2 Å². The SMILES string of the molecule is [2H]C1(c2cccc(Cl)c2F)OC(N)=C(OS(=O)(=O)C([2H])([2H])c2ccccc2)C1=O. The largest absolute Gasteiger partial charge is 0.460 e. The van der Waals surface area contributed by atoms with Gasteiger partial charge in [0.2, 0.25) is 17.4 Å². The molecule has 26 heavy (non-hydrogen) atoms. The van der Waals surface area contributed by atoms with E-state index in [0.717, 1.165) is 6.07 Å². The van der Waals surface area contributed by atoms with Crippen molar-refractivity contribution in [1.82, 2.24) is 0 Å². The van der Waals surface area contributed by atoms with Gasteiger partial charge in [0, 0.05) is 5.56 Å². The van der Waals surface area contributed by atoms with E-state index in [9.17, 15) is 17.6 Å². The van der Waals surface area contributed by atoms with Gasteiger partial charge in [0.05, 0.1) is 9.13 Å². The number of carbonyl (C=O) groups excluding carboxylic acids is 1. The van der Waals surface area contributed by atoms with Crippen molar-refractivity contribution in [2.45, 2.75) is 11.8 Å². The molecule has 1 heterocycles. The van der Waals surface area contributed by atoms with E-state index < -0.39 is 55.7 Å². The lowest BCUT2D eigenvalue weighted by Gasteiger charge is -2.11. The molecule has 0 bridgehead atoms. The van der Waals surface area contributed by atoms with E-state index in [0.29, 0.717) is 0 Å². The first-order chi connectivity index (χ1) is 13.4. The fraction of sp³-hybridized carbons (Fsp3) is 0.118. The molecule has 1 unspecified atom stereocenters. The summed E-state index contributed by atoms with van der Waals surface area (Å²) < 4.78 is 72.9. The Hall–Kier alpha value is -2.58. The number of Topliss-reactive ketones (excluding diaryl/α,β-unsaturated/α-hetero) is 1. The minimum atomic E-state index is -5.12. The predicted molar refractivity (Wildman–Crippen MR) is 91.6 cm³/mol. The Morgan fingerprint density at radius 1 is 1.27 bits per heavy atom. The zero-order valence-corrected chi connectivity index (χ0v) is 14.5. The van der Waals surface area contributed by atoms with Crippen LogP contribution in [0.5, 0.6) is 0 Å². The lowest BCUT2D eigenvalue weighted by Crippen LogP contribution is -2.17. The fourth-order valence-electron chi connectivity index (χ4n) is 2.13. The normalized spacial score (nSPS) is 22.4. The number of carbonyl (C=O) groups is 1. The molecule has 0 amide bonds. The minimum absolute atomic E-state index is 0.261. The first kappa shape index (κ1) is 14.6. The van der Waals surface area contributed by atoms with Gasteiger partial charge in [-0.15, -0.1) is 0 Å². The lowest BCUT2D eigenvalue weighted by molar-refractivity contribution is -0.123. The molecule has 2 aromatic carbocycles. The minimum Gasteiger partial charge on any atom is -0.460 e. The van der Waals surface area contributed by atoms with Crippen LogP contribution in [0.2, 0.25) is 5.02 Å². The van der Waals surface area contributed by atoms with Crippen molar-refractivity contribution in [1.29, 1.82) is 0 Å². The van der Waals surface area contributed by atoms with Crippen LogP contribution in [0.4, 0.5) is 4.39 Å². The van der Waals surface area contributed by atoms with Crippen LogP contribution in [0.1, 0.15) is 21.3 Å². The van der Waals surface area contributed by atoms with Gasteiger partial charge in [0.25, 0.3) is 0 Å². The molecule has 136 valence electrons. The molecular formula is C17H13ClFNO5S. The van der Waals surface area contributed by atoms with Gasteiger partial charge in [-0.25, -0.2) is 4.39 Å². The van der Waals surface area contributed by atoms with Gasteiger partial charge >= 0.3 is 10.1 Å². The maximum absolute atomic E-state index is 14.3. The van der Waals surface area contributed by atoms with Crippen molar-refractivity contribution >= 4 is 27.5 Å². The first-order valence-corrected chi connectivity index (χ1v) is 8.88. The number of ether oxygens (including phenoxy) is 1. The Balaban J connectivity index is 1.97. The van der Waals surface area contributed by atoms with E-state index in [1.54, 1.807) is 6.07 Å². The number of halogens is 2. The Morgan fingerprint density at radius 3 is 2.65 bits per heavy atom. The van der Waals surface area contributed by atoms with Gasteiger partial charge in [-0.3, -0.25) is 4.79 Å². The molecule has 6 nitrogen and oxygen atoms in total. The second-order valence-corrected chi connectivity index (χ2v) is 6.75. The van der Waals surface area contributed by atoms with E-state index in [1.165, 1.54) is 36.4 Å². The number of ketones is 1. The summed E-state index contributed by atoms with van der Waals surface area (Å²) in [5.41, 5.74) is 1.58. The van der Waals surface area contributed by atoms with Crippen LogP contribution >= 0.6 is 11.6 Å². The highest BCUT2D eigenvalue weighted by molar-refractivity contribution is 7.86. The first-order valence-electron chi connectivity index (χ1n) is 8.59. The molecule has 2 aromatic rings. The summed E-state index contributed by atoms with van der Waals surface area (Å²) in [6.07, 6.45) is -2.79. The summed E-state index contributed by atoms with van der Waals surface area (Å²) in [7, 11) is -5.12. The number of benzene rings is 2. The van der Waals surface area contributed by atoms with E-state index >= 15 is 0 Å². The number of hydrogen-bond acceptors (Lipinski definition) is 6. The number of hydrogen-bond donors (Lipinski definition) is 1. The third-order valence-corrected chi connectivity index (χ3v) is 4.42. The van der Waals surface area contributed by atoms with Crippen molar-refractivity contribution in [2.75, 3.05) is 0 Å². The number of rotatable bonds is 5. The van der Waals surface area contributed by atoms with E-state index in [2.05, 4.69) is 4.18 Å². The zero-order chi connectivity index (χ0) is 21.6. The van der Waals surface area contributed by atoms with Crippen molar-refractivity contribution in [2.24, 2.45) is 5.73 Å². The Kier molecular flexibility index (Phi) is 3.91. The Bertz CT molecular complexity index is 1130. The average Bonchev–Trinajstić information content (AvgIpc) is 2.88. The van der Waals surface area contributed by atoms with Crippen LogP contribution in [0.3, 0.4) is 0 Å². The van der Waals surface area contributed by atoms with Crippen LogP contribution in [-0.2, 0) is 29.5 Å². The molecule has 1 aliphatic heterocycles. The van der Waals surface area contributed by atoms with Crippen LogP contribution in [0.15, 0.2) is 60.2 Å². The summed E-state index contributed by atoms with van der Waals surface area (Å²) in [5, 5.41) is -0.397. The third kappa shape index (κ3) is 3.66. The molecule has 0 fully saturated rings. The van der Waals surface area contributed by atoms with E-state index in [-0.39, 0.29) is 5.56 Å². The number of nitrogens with two attached hydrogens (primary N) is 1. The van der Waals surface area contributed by atoms with Crippen LogP contribution < -0.4 is 5.73 Å². The zero-order valence-electron chi connectivity index (χ0n) is 15.9. The third-order valence-electron chi connectivity index (χ3n) is 3.25. The standard InChI is InChI=1S/C17H13ClFNO5S/c18-12-8-4-7-11(13(12)19)15-14(21)16(17(20)24-15)25-26(22,23)9-10-5-2-1-3-6-10/h1-8,15H,9,20H2/i9D2,15D. The van der Waals surface area contributed by atoms with E-state index in [4.69, 9.17) is 26.2 Å². The highest BCUT2D eigenvalue weighted by Crippen LogP contribution is 2.35. The summed E-state index contributed by atoms with van der Waals surface area (Å²) >= 11 is 5.66. The van der Waals surface area contributed by atoms with Crippen molar-refractivity contribution in [3.8, 4) is 0 Å². The molecule has 9 heteroatoms. The van der Waals surface area contributed by atoms with Gasteiger partial charge in [0.1, 0.15) is 11.5 Å². The Labute approximate surface area is 158 Å². The summed E-state index contributed by atoms with van der Waals surface area (Å²) in [5.74, 6) is -4.59. The summed E-state index contributed by atoms with van der Waals surface area (Å²) in [4.78, 5) is 12.7. The lowest BCUT2D eigenvalue weighted by atomic mass is 10.1. The molecule has 0 spiro atoms. The molecule has 0 saturated carbocycles. The average molecular weight is 401 g/mol. The second kappa shape index (κ2) is 6.97. The van der Waals surface area contributed by atoms with Gasteiger partial charge in [-0.1, -0.05) is 54.1 Å². The van der Waals surface area contributed by atoms with Crippen LogP contribution in [0, 0.1) is 5.82 Å². The topological polar surface area (TPSA) is 95.7 Å². The Morgan fingerprint density at radius 2 is 1.96 bits per heavy atom.